The minimum Gasteiger partial charge on any atom is -0.352 e. The van der Waals surface area contributed by atoms with Gasteiger partial charge in [-0.1, -0.05) is 96.7 Å². The van der Waals surface area contributed by atoms with Gasteiger partial charge in [0.25, 0.3) is 0 Å². The van der Waals surface area contributed by atoms with Crippen LogP contribution in [0.4, 0.5) is 0 Å². The first-order chi connectivity index (χ1) is 17.5. The van der Waals surface area contributed by atoms with Crippen LogP contribution in [0.2, 0.25) is 10.0 Å². The average Bonchev–Trinajstić information content (AvgIpc) is 3.39. The Kier molecular flexibility index (Phi) is 9.43. The van der Waals surface area contributed by atoms with Crippen LogP contribution in [0.1, 0.15) is 48.8 Å². The van der Waals surface area contributed by atoms with E-state index in [0.717, 1.165) is 42.4 Å². The third-order valence-corrected chi connectivity index (χ3v) is 7.38. The normalized spacial score (nSPS) is 14.4. The number of nitrogens with one attached hydrogen (secondary N) is 1. The van der Waals surface area contributed by atoms with Gasteiger partial charge in [-0.05, 0) is 54.2 Å². The number of aryl methyl sites for hydroxylation is 1. The Balaban J connectivity index is 1.62. The van der Waals surface area contributed by atoms with Gasteiger partial charge in [0.15, 0.2) is 0 Å². The highest BCUT2D eigenvalue weighted by molar-refractivity contribution is 6.31. The van der Waals surface area contributed by atoms with Gasteiger partial charge < -0.3 is 10.2 Å². The third kappa shape index (κ3) is 7.35. The fraction of sp³-hybridized carbons (Fsp3) is 0.333. The number of nitrogens with zero attached hydrogens (tertiary/aromatic N) is 1. The van der Waals surface area contributed by atoms with Crippen molar-refractivity contribution in [1.82, 2.24) is 10.2 Å². The molecule has 36 heavy (non-hydrogen) atoms. The van der Waals surface area contributed by atoms with Crippen molar-refractivity contribution in [1.29, 1.82) is 0 Å². The summed E-state index contributed by atoms with van der Waals surface area (Å²) in [6.45, 7) is 0.303. The summed E-state index contributed by atoms with van der Waals surface area (Å²) in [5.41, 5.74) is 2.82. The first-order valence-corrected chi connectivity index (χ1v) is 13.4. The summed E-state index contributed by atoms with van der Waals surface area (Å²) in [4.78, 5) is 29.2. The molecule has 0 heterocycles. The van der Waals surface area contributed by atoms with Crippen LogP contribution in [-0.2, 0) is 29.0 Å². The van der Waals surface area contributed by atoms with Crippen molar-refractivity contribution >= 4 is 35.0 Å². The van der Waals surface area contributed by atoms with Gasteiger partial charge in [-0.3, -0.25) is 9.59 Å². The largest absolute Gasteiger partial charge is 0.352 e. The van der Waals surface area contributed by atoms with E-state index in [1.165, 1.54) is 0 Å². The second-order valence-corrected chi connectivity index (χ2v) is 10.3. The summed E-state index contributed by atoms with van der Waals surface area (Å²) in [7, 11) is 0. The lowest BCUT2D eigenvalue weighted by atomic mass is 10.0. The Labute approximate surface area is 223 Å². The fourth-order valence-corrected chi connectivity index (χ4v) is 5.28. The van der Waals surface area contributed by atoms with Crippen LogP contribution in [0.5, 0.6) is 0 Å². The van der Waals surface area contributed by atoms with E-state index in [1.54, 1.807) is 4.90 Å². The first kappa shape index (κ1) is 26.2. The highest BCUT2D eigenvalue weighted by atomic mass is 35.5. The second-order valence-electron chi connectivity index (χ2n) is 9.44. The van der Waals surface area contributed by atoms with Gasteiger partial charge in [0.2, 0.25) is 11.8 Å². The van der Waals surface area contributed by atoms with Crippen LogP contribution in [0.15, 0.2) is 78.9 Å². The van der Waals surface area contributed by atoms with Crippen molar-refractivity contribution in [2.45, 2.75) is 63.6 Å². The molecule has 188 valence electrons. The van der Waals surface area contributed by atoms with Gasteiger partial charge in [-0.15, -0.1) is 0 Å². The molecule has 0 radical (unpaired) electrons. The number of amides is 2. The van der Waals surface area contributed by atoms with Crippen molar-refractivity contribution in [3.05, 3.63) is 106 Å². The van der Waals surface area contributed by atoms with E-state index < -0.39 is 6.04 Å². The quantitative estimate of drug-likeness (QED) is 0.325. The molecule has 1 saturated carbocycles. The maximum Gasteiger partial charge on any atom is 0.243 e. The number of rotatable bonds is 10. The number of halogens is 2. The van der Waals surface area contributed by atoms with Crippen LogP contribution >= 0.6 is 23.2 Å². The van der Waals surface area contributed by atoms with Gasteiger partial charge in [0.05, 0.1) is 0 Å². The van der Waals surface area contributed by atoms with E-state index in [2.05, 4.69) is 5.32 Å². The first-order valence-electron chi connectivity index (χ1n) is 12.6. The van der Waals surface area contributed by atoms with E-state index in [-0.39, 0.29) is 24.3 Å². The molecule has 0 spiro atoms. The molecule has 2 amide bonds. The number of carbonyl (C=O) groups is 2. The number of carbonyl (C=O) groups excluding carboxylic acids is 2. The number of benzene rings is 3. The molecule has 6 heteroatoms. The summed E-state index contributed by atoms with van der Waals surface area (Å²) >= 11 is 12.6. The van der Waals surface area contributed by atoms with Crippen LogP contribution in [0, 0.1) is 0 Å². The molecule has 1 atom stereocenters. The predicted molar refractivity (Wildman–Crippen MR) is 146 cm³/mol. The SMILES string of the molecule is O=C(NC1CCCC1)[C@@H](Cc1ccccc1)N(Cc1cccc(Cl)c1)C(=O)CCc1ccccc1Cl. The Bertz CT molecular complexity index is 1160. The van der Waals surface area contributed by atoms with Crippen LogP contribution in [-0.4, -0.2) is 28.8 Å². The minimum absolute atomic E-state index is 0.0857. The van der Waals surface area contributed by atoms with Crippen LogP contribution in [0.3, 0.4) is 0 Å². The topological polar surface area (TPSA) is 49.4 Å². The van der Waals surface area contributed by atoms with Gasteiger partial charge in [-0.2, -0.15) is 0 Å². The third-order valence-electron chi connectivity index (χ3n) is 6.78. The summed E-state index contributed by atoms with van der Waals surface area (Å²) in [6.07, 6.45) is 5.42. The van der Waals surface area contributed by atoms with Crippen molar-refractivity contribution < 1.29 is 9.59 Å². The van der Waals surface area contributed by atoms with Crippen LogP contribution in [0.25, 0.3) is 0 Å². The van der Waals surface area contributed by atoms with Crippen LogP contribution < -0.4 is 5.32 Å². The number of hydrogen-bond acceptors (Lipinski definition) is 2. The summed E-state index contributed by atoms with van der Waals surface area (Å²) < 4.78 is 0. The van der Waals surface area contributed by atoms with Crippen molar-refractivity contribution in [3.8, 4) is 0 Å². The number of hydrogen-bond donors (Lipinski definition) is 1. The van der Waals surface area contributed by atoms with Gasteiger partial charge >= 0.3 is 0 Å². The monoisotopic (exact) mass is 522 g/mol. The molecule has 3 aromatic rings. The summed E-state index contributed by atoms with van der Waals surface area (Å²) in [5, 5.41) is 4.48. The molecule has 0 unspecified atom stereocenters. The highest BCUT2D eigenvalue weighted by Crippen LogP contribution is 2.22. The van der Waals surface area contributed by atoms with Crippen molar-refractivity contribution in [2.75, 3.05) is 0 Å². The molecule has 0 bridgehead atoms. The lowest BCUT2D eigenvalue weighted by Gasteiger charge is -2.32. The standard InChI is InChI=1S/C30H32Cl2N2O2/c31-25-13-8-11-23(19-25)21-34(29(35)18-17-24-12-4-7-16-27(24)32)28(20-22-9-2-1-3-10-22)30(36)33-26-14-5-6-15-26/h1-4,7-13,16,19,26,28H,5-6,14-15,17-18,20-21H2,(H,33,36)/t28-/m1/s1. The van der Waals surface area contributed by atoms with Crippen molar-refractivity contribution in [3.63, 3.8) is 0 Å². The maximum absolute atomic E-state index is 13.8. The molecule has 0 aliphatic heterocycles. The Morgan fingerprint density at radius 3 is 2.31 bits per heavy atom. The zero-order valence-electron chi connectivity index (χ0n) is 20.3. The molecule has 3 aromatic carbocycles. The maximum atomic E-state index is 13.8. The highest BCUT2D eigenvalue weighted by Gasteiger charge is 2.32. The van der Waals surface area contributed by atoms with Gasteiger partial charge in [-0.25, -0.2) is 0 Å². The molecular weight excluding hydrogens is 491 g/mol. The minimum atomic E-state index is -0.634. The molecule has 4 rings (SSSR count). The zero-order valence-corrected chi connectivity index (χ0v) is 21.8. The van der Waals surface area contributed by atoms with E-state index in [1.807, 2.05) is 78.9 Å². The summed E-state index contributed by atoms with van der Waals surface area (Å²) in [5.74, 6) is -0.184. The van der Waals surface area contributed by atoms with Gasteiger partial charge in [0, 0.05) is 35.5 Å². The Morgan fingerprint density at radius 2 is 1.58 bits per heavy atom. The molecular formula is C30H32Cl2N2O2. The predicted octanol–water partition coefficient (Wildman–Crippen LogP) is 6.62. The van der Waals surface area contributed by atoms with E-state index in [0.29, 0.717) is 29.4 Å². The van der Waals surface area contributed by atoms with E-state index in [9.17, 15) is 9.59 Å². The van der Waals surface area contributed by atoms with Crippen molar-refractivity contribution in [2.24, 2.45) is 0 Å². The molecule has 1 aliphatic carbocycles. The molecule has 1 N–H and O–H groups in total. The Morgan fingerprint density at radius 1 is 0.889 bits per heavy atom. The molecule has 0 saturated heterocycles. The lowest BCUT2D eigenvalue weighted by Crippen LogP contribution is -2.52. The molecule has 0 aromatic heterocycles. The summed E-state index contributed by atoms with van der Waals surface area (Å²) in [6, 6.07) is 24.4. The van der Waals surface area contributed by atoms with E-state index in [4.69, 9.17) is 23.2 Å². The zero-order chi connectivity index (χ0) is 25.3. The molecule has 1 aliphatic rings. The van der Waals surface area contributed by atoms with E-state index >= 15 is 0 Å². The lowest BCUT2D eigenvalue weighted by molar-refractivity contribution is -0.141. The fourth-order valence-electron chi connectivity index (χ4n) is 4.84. The molecule has 4 nitrogen and oxygen atoms in total. The molecule has 1 fully saturated rings. The smallest absolute Gasteiger partial charge is 0.243 e. The van der Waals surface area contributed by atoms with Gasteiger partial charge in [0.1, 0.15) is 6.04 Å². The Hall–Kier alpha value is -2.82. The second kappa shape index (κ2) is 12.9. The average molecular weight is 524 g/mol.